The summed E-state index contributed by atoms with van der Waals surface area (Å²) < 4.78 is 54.8. The van der Waals surface area contributed by atoms with Crippen molar-refractivity contribution >= 4 is 23.3 Å². The number of hydrogen-bond acceptors (Lipinski definition) is 8. The van der Waals surface area contributed by atoms with Crippen LogP contribution < -0.4 is 19.5 Å². The molecule has 4 aromatic rings. The first-order valence-electron chi connectivity index (χ1n) is 14.8. The number of alkyl halides is 3. The van der Waals surface area contributed by atoms with Crippen molar-refractivity contribution in [3.8, 4) is 23.1 Å². The number of piperazine rings is 1. The van der Waals surface area contributed by atoms with Gasteiger partial charge in [0.2, 0.25) is 18.5 Å². The number of amides is 2. The average molecular weight is 647 g/mol. The second-order valence-corrected chi connectivity index (χ2v) is 11.0. The van der Waals surface area contributed by atoms with Crippen LogP contribution in [0, 0.1) is 0 Å². The number of carbonyl (C=O) groups is 3. The summed E-state index contributed by atoms with van der Waals surface area (Å²) in [4.78, 5) is 46.0. The minimum absolute atomic E-state index is 0.0396. The number of pyridine rings is 1. The lowest BCUT2D eigenvalue weighted by Gasteiger charge is -2.34. The van der Waals surface area contributed by atoms with Crippen LogP contribution in [0.1, 0.15) is 27.0 Å². The van der Waals surface area contributed by atoms with Crippen LogP contribution in [0.3, 0.4) is 0 Å². The average Bonchev–Trinajstić information content (AvgIpc) is 3.54. The molecule has 2 amide bonds. The highest BCUT2D eigenvalue weighted by molar-refractivity contribution is 6.36. The highest BCUT2D eigenvalue weighted by atomic mass is 19.4. The Morgan fingerprint density at radius 1 is 0.830 bits per heavy atom. The van der Waals surface area contributed by atoms with E-state index in [1.54, 1.807) is 35.2 Å². The van der Waals surface area contributed by atoms with Gasteiger partial charge in [-0.3, -0.25) is 19.3 Å². The number of ether oxygens (including phenoxy) is 3. The lowest BCUT2D eigenvalue weighted by Crippen LogP contribution is -2.50. The van der Waals surface area contributed by atoms with E-state index < -0.39 is 29.3 Å². The van der Waals surface area contributed by atoms with Crippen LogP contribution >= 0.6 is 0 Å². The number of rotatable bonds is 9. The van der Waals surface area contributed by atoms with Gasteiger partial charge in [0.15, 0.2) is 11.5 Å². The third kappa shape index (κ3) is 7.87. The lowest BCUT2D eigenvalue weighted by molar-refractivity contribution is -0.145. The predicted octanol–water partition coefficient (Wildman–Crippen LogP) is 5.33. The summed E-state index contributed by atoms with van der Waals surface area (Å²) in [6.07, 6.45) is -3.17. The summed E-state index contributed by atoms with van der Waals surface area (Å²) in [5, 5.41) is 2.57. The first kappa shape index (κ1) is 31.5. The largest absolute Gasteiger partial charge is 0.454 e. The van der Waals surface area contributed by atoms with E-state index in [4.69, 9.17) is 14.2 Å². The van der Waals surface area contributed by atoms with E-state index in [2.05, 4.69) is 15.2 Å². The van der Waals surface area contributed by atoms with Crippen LogP contribution in [0.15, 0.2) is 85.1 Å². The molecule has 1 N–H and O–H groups in total. The van der Waals surface area contributed by atoms with E-state index in [1.165, 1.54) is 12.3 Å². The summed E-state index contributed by atoms with van der Waals surface area (Å²) >= 11 is 0. The number of nitrogens with zero attached hydrogens (tertiary/aromatic N) is 3. The minimum Gasteiger partial charge on any atom is -0.454 e. The molecule has 10 nitrogen and oxygen atoms in total. The predicted molar refractivity (Wildman–Crippen MR) is 163 cm³/mol. The molecule has 2 aliphatic heterocycles. The molecule has 3 heterocycles. The third-order valence-electron chi connectivity index (χ3n) is 7.72. The maximum absolute atomic E-state index is 12.9. The van der Waals surface area contributed by atoms with Gasteiger partial charge in [-0.1, -0.05) is 18.2 Å². The number of Topliss-reactive ketones (excluding diaryl/α,β-unsaturated/α-hetero) is 1. The first-order chi connectivity index (χ1) is 22.6. The Balaban J connectivity index is 0.945. The quantitative estimate of drug-likeness (QED) is 0.243. The molecule has 3 aromatic carbocycles. The van der Waals surface area contributed by atoms with Crippen molar-refractivity contribution < 1.29 is 41.8 Å². The Hall–Kier alpha value is -5.43. The Morgan fingerprint density at radius 3 is 2.21 bits per heavy atom. The fourth-order valence-electron chi connectivity index (χ4n) is 5.17. The molecule has 2 aliphatic rings. The van der Waals surface area contributed by atoms with Crippen molar-refractivity contribution in [3.63, 3.8) is 0 Å². The van der Waals surface area contributed by atoms with Gasteiger partial charge in [0.05, 0.1) is 17.4 Å². The highest BCUT2D eigenvalue weighted by Crippen LogP contribution is 2.33. The van der Waals surface area contributed by atoms with E-state index in [0.717, 1.165) is 41.3 Å². The number of anilines is 1. The van der Waals surface area contributed by atoms with Crippen molar-refractivity contribution in [3.05, 3.63) is 107 Å². The maximum Gasteiger partial charge on any atom is 0.416 e. The lowest BCUT2D eigenvalue weighted by atomic mass is 10.1. The van der Waals surface area contributed by atoms with Gasteiger partial charge >= 0.3 is 6.18 Å². The summed E-state index contributed by atoms with van der Waals surface area (Å²) in [5.41, 5.74) is 1.30. The van der Waals surface area contributed by atoms with E-state index in [0.29, 0.717) is 49.7 Å². The van der Waals surface area contributed by atoms with Gasteiger partial charge in [-0.2, -0.15) is 13.2 Å². The van der Waals surface area contributed by atoms with Crippen molar-refractivity contribution in [2.45, 2.75) is 19.1 Å². The molecule has 0 atom stereocenters. The van der Waals surface area contributed by atoms with Crippen LogP contribution in [-0.4, -0.2) is 65.4 Å². The number of carbonyl (C=O) groups excluding carboxylic acids is 3. The zero-order chi connectivity index (χ0) is 33.0. The molecule has 6 rings (SSSR count). The van der Waals surface area contributed by atoms with Crippen LogP contribution in [0.25, 0.3) is 0 Å². The number of benzene rings is 3. The fraction of sp³-hybridized carbons (Fsp3) is 0.235. The van der Waals surface area contributed by atoms with Gasteiger partial charge in [-0.05, 0) is 65.7 Å². The van der Waals surface area contributed by atoms with Gasteiger partial charge in [0.25, 0.3) is 11.8 Å². The number of fused-ring (bicyclic) bond motifs is 1. The molecule has 47 heavy (non-hydrogen) atoms. The molecule has 0 radical (unpaired) electrons. The topological polar surface area (TPSA) is 110 Å². The number of halogens is 3. The van der Waals surface area contributed by atoms with Crippen molar-refractivity contribution in [1.82, 2.24) is 14.8 Å². The van der Waals surface area contributed by atoms with Gasteiger partial charge in [-0.25, -0.2) is 4.98 Å². The van der Waals surface area contributed by atoms with Crippen molar-refractivity contribution in [2.24, 2.45) is 0 Å². The van der Waals surface area contributed by atoms with Crippen LogP contribution in [0.4, 0.5) is 18.9 Å². The van der Waals surface area contributed by atoms with Crippen LogP contribution in [0.5, 0.6) is 23.1 Å². The smallest absolute Gasteiger partial charge is 0.416 e. The first-order valence-corrected chi connectivity index (χ1v) is 14.8. The zero-order valence-corrected chi connectivity index (χ0v) is 25.0. The van der Waals surface area contributed by atoms with E-state index in [-0.39, 0.29) is 24.7 Å². The van der Waals surface area contributed by atoms with Gasteiger partial charge in [0, 0.05) is 50.8 Å². The zero-order valence-electron chi connectivity index (χ0n) is 25.0. The Labute approximate surface area is 267 Å². The standard InChI is InChI=1S/C34H29F3N4O6/c35-34(36,37)25-6-4-24(5-7-25)32(43)39-26-8-12-31(38-19-26)47-27-9-1-22(2-10-27)17-28(42)33(44)41-15-13-40(14-16-41)20-23-3-11-29-30(18-23)46-21-45-29/h1-12,18-19H,13-17,20-21H2,(H,39,43). The minimum atomic E-state index is -4.49. The molecular formula is C34H29F3N4O6. The second kappa shape index (κ2) is 13.5. The monoisotopic (exact) mass is 646 g/mol. The van der Waals surface area contributed by atoms with E-state index in [1.807, 2.05) is 18.2 Å². The molecule has 0 aliphatic carbocycles. The molecule has 242 valence electrons. The maximum atomic E-state index is 12.9. The number of nitrogens with one attached hydrogen (secondary N) is 1. The number of hydrogen-bond donors (Lipinski definition) is 1. The molecule has 1 fully saturated rings. The highest BCUT2D eigenvalue weighted by Gasteiger charge is 2.30. The molecule has 1 saturated heterocycles. The second-order valence-electron chi connectivity index (χ2n) is 11.0. The molecule has 0 spiro atoms. The van der Waals surface area contributed by atoms with E-state index >= 15 is 0 Å². The molecule has 1 aromatic heterocycles. The van der Waals surface area contributed by atoms with Crippen molar-refractivity contribution in [2.75, 3.05) is 38.3 Å². The Kier molecular flexibility index (Phi) is 9.07. The Morgan fingerprint density at radius 2 is 1.53 bits per heavy atom. The van der Waals surface area contributed by atoms with Gasteiger partial charge in [-0.15, -0.1) is 0 Å². The van der Waals surface area contributed by atoms with Crippen LogP contribution in [-0.2, 0) is 28.7 Å². The normalized spacial score (nSPS) is 14.5. The molecule has 0 unspecified atom stereocenters. The summed E-state index contributed by atoms with van der Waals surface area (Å²) in [6.45, 7) is 3.17. The van der Waals surface area contributed by atoms with E-state index in [9.17, 15) is 27.6 Å². The SMILES string of the molecule is O=C(Cc1ccc(Oc2ccc(NC(=O)c3ccc(C(F)(F)F)cc3)cn2)cc1)C(=O)N1CCN(Cc2ccc3c(c2)OCO3)CC1. The molecule has 13 heteroatoms. The molecule has 0 bridgehead atoms. The van der Waals surface area contributed by atoms with Gasteiger partial charge < -0.3 is 24.4 Å². The van der Waals surface area contributed by atoms with Crippen molar-refractivity contribution in [1.29, 1.82) is 0 Å². The van der Waals surface area contributed by atoms with Gasteiger partial charge in [0.1, 0.15) is 5.75 Å². The number of aromatic nitrogens is 1. The summed E-state index contributed by atoms with van der Waals surface area (Å²) in [6, 6.07) is 19.5. The Bertz CT molecular complexity index is 1760. The fourth-order valence-corrected chi connectivity index (χ4v) is 5.17. The summed E-state index contributed by atoms with van der Waals surface area (Å²) in [5.74, 6) is 0.576. The molecular weight excluding hydrogens is 617 g/mol. The van der Waals surface area contributed by atoms with Crippen LogP contribution in [0.2, 0.25) is 0 Å². The number of ketones is 1. The third-order valence-corrected chi connectivity index (χ3v) is 7.72. The summed E-state index contributed by atoms with van der Waals surface area (Å²) in [7, 11) is 0. The molecule has 0 saturated carbocycles.